The van der Waals surface area contributed by atoms with Crippen molar-refractivity contribution in [2.45, 2.75) is 6.54 Å². The minimum atomic E-state index is -0.318. The summed E-state index contributed by atoms with van der Waals surface area (Å²) in [5.74, 6) is 1.06. The fourth-order valence-corrected chi connectivity index (χ4v) is 2.26. The number of nitrogens with one attached hydrogen (secondary N) is 1. The number of carbonyl (C=O) groups excluding carboxylic acids is 1. The van der Waals surface area contributed by atoms with Gasteiger partial charge in [-0.1, -0.05) is 29.3 Å². The molecule has 0 radical (unpaired) electrons. The van der Waals surface area contributed by atoms with Crippen LogP contribution in [0.3, 0.4) is 0 Å². The van der Waals surface area contributed by atoms with E-state index in [2.05, 4.69) is 10.3 Å². The second kappa shape index (κ2) is 5.79. The van der Waals surface area contributed by atoms with Gasteiger partial charge in [-0.15, -0.1) is 0 Å². The number of pyridine rings is 1. The van der Waals surface area contributed by atoms with Gasteiger partial charge in [0.2, 0.25) is 6.79 Å². The first-order valence-electron chi connectivity index (χ1n) is 6.11. The zero-order valence-corrected chi connectivity index (χ0v) is 12.2. The van der Waals surface area contributed by atoms with Crippen LogP contribution in [0, 0.1) is 0 Å². The topological polar surface area (TPSA) is 60.5 Å². The molecule has 1 aromatic carbocycles. The van der Waals surface area contributed by atoms with E-state index in [1.165, 1.54) is 12.3 Å². The van der Waals surface area contributed by atoms with Gasteiger partial charge in [-0.25, -0.2) is 4.98 Å². The maximum absolute atomic E-state index is 12.1. The third-order valence-corrected chi connectivity index (χ3v) is 3.46. The standard InChI is InChI=1S/C14H10Cl2N2O3/c15-10-6-17-13(16)4-9(10)14(19)18-5-8-1-2-11-12(3-8)21-7-20-11/h1-4,6H,5,7H2,(H,18,19). The van der Waals surface area contributed by atoms with Crippen LogP contribution in [-0.4, -0.2) is 17.7 Å². The molecule has 0 aliphatic carbocycles. The summed E-state index contributed by atoms with van der Waals surface area (Å²) in [6, 6.07) is 6.91. The highest BCUT2D eigenvalue weighted by molar-refractivity contribution is 6.35. The number of carbonyl (C=O) groups is 1. The molecule has 0 bridgehead atoms. The van der Waals surface area contributed by atoms with Gasteiger partial charge in [0.1, 0.15) is 5.15 Å². The van der Waals surface area contributed by atoms with Gasteiger partial charge in [-0.3, -0.25) is 4.79 Å². The molecule has 0 fully saturated rings. The molecule has 0 spiro atoms. The summed E-state index contributed by atoms with van der Waals surface area (Å²) in [4.78, 5) is 15.9. The van der Waals surface area contributed by atoms with Crippen LogP contribution < -0.4 is 14.8 Å². The maximum atomic E-state index is 12.1. The fraction of sp³-hybridized carbons (Fsp3) is 0.143. The third-order valence-electron chi connectivity index (χ3n) is 2.96. The number of ether oxygens (including phenoxy) is 2. The molecule has 3 rings (SSSR count). The second-order valence-corrected chi connectivity index (χ2v) is 5.15. The number of rotatable bonds is 3. The molecule has 1 aromatic heterocycles. The lowest BCUT2D eigenvalue weighted by molar-refractivity contribution is 0.0951. The Balaban J connectivity index is 1.70. The summed E-state index contributed by atoms with van der Waals surface area (Å²) in [6.45, 7) is 0.558. The van der Waals surface area contributed by atoms with Crippen molar-refractivity contribution in [3.63, 3.8) is 0 Å². The minimum Gasteiger partial charge on any atom is -0.454 e. The van der Waals surface area contributed by atoms with Crippen molar-refractivity contribution in [3.05, 3.63) is 51.8 Å². The van der Waals surface area contributed by atoms with Crippen LogP contribution in [0.4, 0.5) is 0 Å². The number of fused-ring (bicyclic) bond motifs is 1. The van der Waals surface area contributed by atoms with Gasteiger partial charge in [0.25, 0.3) is 5.91 Å². The van der Waals surface area contributed by atoms with E-state index in [9.17, 15) is 4.79 Å². The Hall–Kier alpha value is -1.98. The number of hydrogen-bond acceptors (Lipinski definition) is 4. The second-order valence-electron chi connectivity index (χ2n) is 4.36. The summed E-state index contributed by atoms with van der Waals surface area (Å²) in [5, 5.41) is 3.24. The summed E-state index contributed by atoms with van der Waals surface area (Å²) >= 11 is 11.7. The number of halogens is 2. The van der Waals surface area contributed by atoms with Crippen molar-refractivity contribution >= 4 is 29.1 Å². The number of aromatic nitrogens is 1. The van der Waals surface area contributed by atoms with E-state index in [0.29, 0.717) is 18.0 Å². The first-order valence-corrected chi connectivity index (χ1v) is 6.87. The van der Waals surface area contributed by atoms with Crippen molar-refractivity contribution in [1.82, 2.24) is 10.3 Å². The Morgan fingerprint density at radius 3 is 2.90 bits per heavy atom. The molecule has 2 aromatic rings. The largest absolute Gasteiger partial charge is 0.454 e. The van der Waals surface area contributed by atoms with Gasteiger partial charge in [-0.2, -0.15) is 0 Å². The van der Waals surface area contributed by atoms with Crippen molar-refractivity contribution in [1.29, 1.82) is 0 Å². The summed E-state index contributed by atoms with van der Waals surface area (Å²) in [6.07, 6.45) is 1.35. The predicted octanol–water partition coefficient (Wildman–Crippen LogP) is 3.05. The zero-order valence-electron chi connectivity index (χ0n) is 10.7. The number of amides is 1. The van der Waals surface area contributed by atoms with E-state index in [-0.39, 0.29) is 28.4 Å². The number of hydrogen-bond donors (Lipinski definition) is 1. The highest BCUT2D eigenvalue weighted by Gasteiger charge is 2.15. The highest BCUT2D eigenvalue weighted by atomic mass is 35.5. The Labute approximate surface area is 130 Å². The molecule has 5 nitrogen and oxygen atoms in total. The number of benzene rings is 1. The molecule has 1 aliphatic rings. The van der Waals surface area contributed by atoms with Crippen LogP contribution in [0.25, 0.3) is 0 Å². The number of nitrogens with zero attached hydrogens (tertiary/aromatic N) is 1. The van der Waals surface area contributed by atoms with E-state index in [1.807, 2.05) is 12.1 Å². The van der Waals surface area contributed by atoms with Crippen LogP contribution in [0.5, 0.6) is 11.5 Å². The molecule has 21 heavy (non-hydrogen) atoms. The first-order chi connectivity index (χ1) is 10.1. The van der Waals surface area contributed by atoms with Crippen LogP contribution in [-0.2, 0) is 6.54 Å². The van der Waals surface area contributed by atoms with Gasteiger partial charge >= 0.3 is 0 Å². The average molecular weight is 325 g/mol. The molecular formula is C14H10Cl2N2O3. The smallest absolute Gasteiger partial charge is 0.253 e. The van der Waals surface area contributed by atoms with E-state index in [1.54, 1.807) is 6.07 Å². The molecule has 2 heterocycles. The van der Waals surface area contributed by atoms with Crippen LogP contribution in [0.1, 0.15) is 15.9 Å². The highest BCUT2D eigenvalue weighted by Crippen LogP contribution is 2.32. The Kier molecular flexibility index (Phi) is 3.86. The SMILES string of the molecule is O=C(NCc1ccc2c(c1)OCO2)c1cc(Cl)ncc1Cl. The van der Waals surface area contributed by atoms with Crippen LogP contribution in [0.2, 0.25) is 10.2 Å². The van der Waals surface area contributed by atoms with Gasteiger partial charge in [0.15, 0.2) is 11.5 Å². The fourth-order valence-electron chi connectivity index (χ4n) is 1.92. The van der Waals surface area contributed by atoms with Crippen LogP contribution >= 0.6 is 23.2 Å². The molecule has 0 unspecified atom stereocenters. The summed E-state index contributed by atoms with van der Waals surface area (Å²) in [5.41, 5.74) is 1.18. The molecule has 1 aliphatic heterocycles. The molecule has 0 saturated heterocycles. The van der Waals surface area contributed by atoms with Crippen molar-refractivity contribution in [2.24, 2.45) is 0 Å². The molecule has 0 atom stereocenters. The van der Waals surface area contributed by atoms with Crippen molar-refractivity contribution < 1.29 is 14.3 Å². The van der Waals surface area contributed by atoms with E-state index < -0.39 is 0 Å². The molecule has 0 saturated carbocycles. The predicted molar refractivity (Wildman–Crippen MR) is 78.0 cm³/mol. The monoisotopic (exact) mass is 324 g/mol. The Morgan fingerprint density at radius 1 is 1.24 bits per heavy atom. The maximum Gasteiger partial charge on any atom is 0.253 e. The molecular weight excluding hydrogens is 315 g/mol. The van der Waals surface area contributed by atoms with Gasteiger partial charge in [0, 0.05) is 12.7 Å². The Morgan fingerprint density at radius 2 is 2.05 bits per heavy atom. The lowest BCUT2D eigenvalue weighted by Gasteiger charge is -2.07. The zero-order chi connectivity index (χ0) is 14.8. The van der Waals surface area contributed by atoms with Gasteiger partial charge in [0.05, 0.1) is 10.6 Å². The van der Waals surface area contributed by atoms with Gasteiger partial charge < -0.3 is 14.8 Å². The molecule has 1 amide bonds. The van der Waals surface area contributed by atoms with E-state index >= 15 is 0 Å². The third kappa shape index (κ3) is 3.04. The quantitative estimate of drug-likeness (QED) is 0.881. The molecule has 108 valence electrons. The van der Waals surface area contributed by atoms with Crippen molar-refractivity contribution in [3.8, 4) is 11.5 Å². The summed E-state index contributed by atoms with van der Waals surface area (Å²) < 4.78 is 10.5. The van der Waals surface area contributed by atoms with Gasteiger partial charge in [-0.05, 0) is 23.8 Å². The Bertz CT molecular complexity index is 707. The minimum absolute atomic E-state index is 0.215. The van der Waals surface area contributed by atoms with E-state index in [4.69, 9.17) is 32.7 Å². The first kappa shape index (κ1) is 14.0. The van der Waals surface area contributed by atoms with Crippen LogP contribution in [0.15, 0.2) is 30.5 Å². The van der Waals surface area contributed by atoms with E-state index in [0.717, 1.165) is 5.56 Å². The van der Waals surface area contributed by atoms with Crippen molar-refractivity contribution in [2.75, 3.05) is 6.79 Å². The summed E-state index contributed by atoms with van der Waals surface area (Å²) in [7, 11) is 0. The normalized spacial score (nSPS) is 12.3. The average Bonchev–Trinajstić information content (AvgIpc) is 2.94. The lowest BCUT2D eigenvalue weighted by atomic mass is 10.2. The lowest BCUT2D eigenvalue weighted by Crippen LogP contribution is -2.23. The molecule has 1 N–H and O–H groups in total. The molecule has 7 heteroatoms.